The highest BCUT2D eigenvalue weighted by atomic mass is 16.5. The second-order valence-electron chi connectivity index (χ2n) is 6.56. The predicted molar refractivity (Wildman–Crippen MR) is 90.6 cm³/mol. The van der Waals surface area contributed by atoms with Crippen molar-refractivity contribution in [2.45, 2.75) is 58.1 Å². The van der Waals surface area contributed by atoms with Gasteiger partial charge in [-0.05, 0) is 38.3 Å². The van der Waals surface area contributed by atoms with E-state index in [4.69, 9.17) is 9.15 Å². The summed E-state index contributed by atoms with van der Waals surface area (Å²) in [7, 11) is 0. The molecule has 0 aliphatic heterocycles. The molecule has 1 N–H and O–H groups in total. The molecule has 1 amide bonds. The van der Waals surface area contributed by atoms with E-state index in [0.717, 1.165) is 47.8 Å². The zero-order valence-corrected chi connectivity index (χ0v) is 14.1. The van der Waals surface area contributed by atoms with Crippen LogP contribution < -0.4 is 5.32 Å². The summed E-state index contributed by atoms with van der Waals surface area (Å²) in [6.45, 7) is 3.60. The van der Waals surface area contributed by atoms with E-state index in [1.165, 1.54) is 0 Å². The van der Waals surface area contributed by atoms with Crippen LogP contribution in [0.25, 0.3) is 11.0 Å². The van der Waals surface area contributed by atoms with Crippen LogP contribution in [0.3, 0.4) is 0 Å². The minimum atomic E-state index is -0.779. The minimum Gasteiger partial charge on any atom is -0.464 e. The number of furan rings is 1. The van der Waals surface area contributed by atoms with Crippen molar-refractivity contribution in [2.24, 2.45) is 0 Å². The fourth-order valence-electron chi connectivity index (χ4n) is 3.16. The maximum Gasteiger partial charge on any atom is 0.311 e. The topological polar surface area (TPSA) is 68.5 Å². The van der Waals surface area contributed by atoms with Crippen LogP contribution in [0.2, 0.25) is 0 Å². The van der Waals surface area contributed by atoms with Gasteiger partial charge in [0.15, 0.2) is 6.10 Å². The van der Waals surface area contributed by atoms with Crippen molar-refractivity contribution >= 4 is 22.8 Å². The third-order valence-corrected chi connectivity index (χ3v) is 4.53. The maximum absolute atomic E-state index is 12.1. The molecule has 0 radical (unpaired) electrons. The van der Waals surface area contributed by atoms with E-state index in [1.807, 2.05) is 25.1 Å². The highest BCUT2D eigenvalue weighted by molar-refractivity contribution is 5.88. The second-order valence-corrected chi connectivity index (χ2v) is 6.56. The molecule has 5 nitrogen and oxygen atoms in total. The van der Waals surface area contributed by atoms with Gasteiger partial charge >= 0.3 is 5.97 Å². The van der Waals surface area contributed by atoms with Crippen molar-refractivity contribution in [2.75, 3.05) is 0 Å². The number of ether oxygens (including phenoxy) is 1. The molecular weight excluding hydrogens is 306 g/mol. The Balaban J connectivity index is 1.56. The van der Waals surface area contributed by atoms with E-state index >= 15 is 0 Å². The standard InChI is InChI=1S/C19H23NO4/c1-12-7-8-16-14(11-23-17(16)9-12)10-18(21)24-13(2)19(22)20-15-5-3-4-6-15/h7-9,11,13,15H,3-6,10H2,1-2H3,(H,20,22)/t13-/m1/s1. The molecule has 1 aliphatic rings. The molecule has 1 aromatic heterocycles. The Morgan fingerprint density at radius 3 is 2.83 bits per heavy atom. The number of rotatable bonds is 5. The molecule has 1 aromatic carbocycles. The van der Waals surface area contributed by atoms with Gasteiger partial charge in [0.2, 0.25) is 0 Å². The van der Waals surface area contributed by atoms with Crippen LogP contribution in [0.15, 0.2) is 28.9 Å². The molecule has 0 spiro atoms. The average molecular weight is 329 g/mol. The van der Waals surface area contributed by atoms with E-state index in [-0.39, 0.29) is 18.4 Å². The number of hydrogen-bond donors (Lipinski definition) is 1. The van der Waals surface area contributed by atoms with Crippen LogP contribution in [0.4, 0.5) is 0 Å². The summed E-state index contributed by atoms with van der Waals surface area (Å²) in [5, 5.41) is 3.85. The first-order valence-electron chi connectivity index (χ1n) is 8.49. The maximum atomic E-state index is 12.1. The van der Waals surface area contributed by atoms with Crippen molar-refractivity contribution in [1.82, 2.24) is 5.32 Å². The number of fused-ring (bicyclic) bond motifs is 1. The lowest BCUT2D eigenvalue weighted by molar-refractivity contribution is -0.154. The fraction of sp³-hybridized carbons (Fsp3) is 0.474. The molecule has 1 saturated carbocycles. The minimum absolute atomic E-state index is 0.0944. The number of esters is 1. The fourth-order valence-corrected chi connectivity index (χ4v) is 3.16. The molecule has 1 aliphatic carbocycles. The third kappa shape index (κ3) is 3.78. The monoisotopic (exact) mass is 329 g/mol. The molecule has 1 atom stereocenters. The van der Waals surface area contributed by atoms with Gasteiger partial charge in [-0.1, -0.05) is 25.0 Å². The first-order chi connectivity index (χ1) is 11.5. The summed E-state index contributed by atoms with van der Waals surface area (Å²) in [6, 6.07) is 6.07. The Labute approximate surface area is 141 Å². The Bertz CT molecular complexity index is 743. The molecule has 1 fully saturated rings. The van der Waals surface area contributed by atoms with E-state index in [0.29, 0.717) is 0 Å². The summed E-state index contributed by atoms with van der Waals surface area (Å²) in [5.74, 6) is -0.643. The number of amides is 1. The van der Waals surface area contributed by atoms with E-state index < -0.39 is 12.1 Å². The first kappa shape index (κ1) is 16.6. The largest absolute Gasteiger partial charge is 0.464 e. The molecule has 0 saturated heterocycles. The van der Waals surface area contributed by atoms with Crippen LogP contribution in [0.5, 0.6) is 0 Å². The predicted octanol–water partition coefficient (Wildman–Crippen LogP) is 3.27. The van der Waals surface area contributed by atoms with Crippen LogP contribution in [0, 0.1) is 6.92 Å². The molecule has 5 heteroatoms. The van der Waals surface area contributed by atoms with Crippen molar-refractivity contribution in [3.63, 3.8) is 0 Å². The van der Waals surface area contributed by atoms with Gasteiger partial charge in [0, 0.05) is 17.0 Å². The van der Waals surface area contributed by atoms with Gasteiger partial charge in [-0.3, -0.25) is 9.59 Å². The zero-order valence-electron chi connectivity index (χ0n) is 14.1. The Kier molecular flexibility index (Phi) is 4.88. The van der Waals surface area contributed by atoms with Crippen molar-refractivity contribution in [1.29, 1.82) is 0 Å². The van der Waals surface area contributed by atoms with Gasteiger partial charge < -0.3 is 14.5 Å². The summed E-state index contributed by atoms with van der Waals surface area (Å²) in [6.07, 6.45) is 5.20. The normalized spacial score (nSPS) is 16.2. The lowest BCUT2D eigenvalue weighted by Crippen LogP contribution is -2.41. The van der Waals surface area contributed by atoms with Crippen LogP contribution >= 0.6 is 0 Å². The van der Waals surface area contributed by atoms with Gasteiger partial charge in [-0.2, -0.15) is 0 Å². The smallest absolute Gasteiger partial charge is 0.311 e. The Morgan fingerprint density at radius 2 is 2.08 bits per heavy atom. The number of carbonyl (C=O) groups is 2. The summed E-state index contributed by atoms with van der Waals surface area (Å²) in [4.78, 5) is 24.2. The van der Waals surface area contributed by atoms with Gasteiger partial charge in [0.05, 0.1) is 12.7 Å². The van der Waals surface area contributed by atoms with Crippen LogP contribution in [-0.4, -0.2) is 24.0 Å². The number of hydrogen-bond acceptors (Lipinski definition) is 4. The van der Waals surface area contributed by atoms with Gasteiger partial charge in [0.25, 0.3) is 5.91 Å². The number of carbonyl (C=O) groups excluding carboxylic acids is 2. The zero-order chi connectivity index (χ0) is 17.1. The average Bonchev–Trinajstić information content (AvgIpc) is 3.17. The number of benzene rings is 1. The van der Waals surface area contributed by atoms with E-state index in [9.17, 15) is 9.59 Å². The highest BCUT2D eigenvalue weighted by Gasteiger charge is 2.23. The molecule has 24 heavy (non-hydrogen) atoms. The Hall–Kier alpha value is -2.30. The quantitative estimate of drug-likeness (QED) is 0.855. The third-order valence-electron chi connectivity index (χ3n) is 4.53. The molecule has 0 unspecified atom stereocenters. The van der Waals surface area contributed by atoms with Crippen LogP contribution in [0.1, 0.15) is 43.7 Å². The highest BCUT2D eigenvalue weighted by Crippen LogP contribution is 2.23. The van der Waals surface area contributed by atoms with Gasteiger partial charge in [-0.25, -0.2) is 0 Å². The van der Waals surface area contributed by atoms with Crippen LogP contribution in [-0.2, 0) is 20.7 Å². The SMILES string of the molecule is Cc1ccc2c(CC(=O)O[C@H](C)C(=O)NC3CCCC3)coc2c1. The van der Waals surface area contributed by atoms with Gasteiger partial charge in [0.1, 0.15) is 5.58 Å². The lowest BCUT2D eigenvalue weighted by atomic mass is 10.1. The summed E-state index contributed by atoms with van der Waals surface area (Å²) in [5.41, 5.74) is 2.63. The molecule has 3 rings (SSSR count). The molecule has 0 bridgehead atoms. The molecule has 1 heterocycles. The number of aryl methyl sites for hydroxylation is 1. The second kappa shape index (κ2) is 7.07. The molecule has 128 valence electrons. The number of nitrogens with one attached hydrogen (secondary N) is 1. The Morgan fingerprint density at radius 1 is 1.33 bits per heavy atom. The molecular formula is C19H23NO4. The summed E-state index contributed by atoms with van der Waals surface area (Å²) >= 11 is 0. The van der Waals surface area contributed by atoms with Crippen molar-refractivity contribution in [3.05, 3.63) is 35.6 Å². The van der Waals surface area contributed by atoms with Crippen molar-refractivity contribution < 1.29 is 18.7 Å². The molecule has 2 aromatic rings. The van der Waals surface area contributed by atoms with Crippen molar-refractivity contribution in [3.8, 4) is 0 Å². The lowest BCUT2D eigenvalue weighted by Gasteiger charge is -2.17. The van der Waals surface area contributed by atoms with Gasteiger partial charge in [-0.15, -0.1) is 0 Å². The van der Waals surface area contributed by atoms with E-state index in [2.05, 4.69) is 5.32 Å². The summed E-state index contributed by atoms with van der Waals surface area (Å²) < 4.78 is 10.8. The first-order valence-corrected chi connectivity index (χ1v) is 8.49. The van der Waals surface area contributed by atoms with E-state index in [1.54, 1.807) is 13.2 Å².